The average Bonchev–Trinajstić information content (AvgIpc) is 3.51. The SMILES string of the molecule is C#Cc1cn([C@H]2C[C@H](OC(=O)CC(=O)CC)[C@@H](COC(c3ccccc3)(c3ccc(OC)cc3)c3ccc(OC)cc3)O2)c(=O)[nH]c1=O. The molecule has 248 valence electrons. The molecule has 0 bridgehead atoms. The van der Waals surface area contributed by atoms with Crippen LogP contribution in [0.1, 0.15) is 54.7 Å². The number of terminal acetylenes is 1. The number of ketones is 1. The number of carbonyl (C=O) groups is 2. The van der Waals surface area contributed by atoms with Gasteiger partial charge in [0.05, 0.1) is 20.8 Å². The van der Waals surface area contributed by atoms with E-state index in [-0.39, 0.29) is 30.8 Å². The van der Waals surface area contributed by atoms with Crippen molar-refractivity contribution in [1.82, 2.24) is 9.55 Å². The van der Waals surface area contributed by atoms with Gasteiger partial charge < -0.3 is 23.7 Å². The van der Waals surface area contributed by atoms with Crippen LogP contribution in [0.4, 0.5) is 0 Å². The Morgan fingerprint density at radius 1 is 0.938 bits per heavy atom. The lowest BCUT2D eigenvalue weighted by atomic mass is 9.80. The van der Waals surface area contributed by atoms with E-state index in [1.807, 2.05) is 78.9 Å². The van der Waals surface area contributed by atoms with Crippen molar-refractivity contribution in [2.75, 3.05) is 20.8 Å². The lowest BCUT2D eigenvalue weighted by molar-refractivity contribution is -0.157. The highest BCUT2D eigenvalue weighted by atomic mass is 16.6. The molecule has 1 fully saturated rings. The summed E-state index contributed by atoms with van der Waals surface area (Å²) < 4.78 is 31.1. The number of ether oxygens (including phenoxy) is 5. The number of rotatable bonds is 13. The summed E-state index contributed by atoms with van der Waals surface area (Å²) in [5.74, 6) is 2.57. The van der Waals surface area contributed by atoms with Gasteiger partial charge in [-0.2, -0.15) is 0 Å². The molecule has 1 aliphatic rings. The number of aromatic amines is 1. The molecule has 0 aliphatic carbocycles. The quantitative estimate of drug-likeness (QED) is 0.0980. The van der Waals surface area contributed by atoms with E-state index in [2.05, 4.69) is 10.9 Å². The molecule has 0 amide bonds. The van der Waals surface area contributed by atoms with Crippen molar-refractivity contribution in [3.05, 3.63) is 128 Å². The van der Waals surface area contributed by atoms with E-state index in [4.69, 9.17) is 30.1 Å². The molecule has 1 N–H and O–H groups in total. The number of benzene rings is 3. The van der Waals surface area contributed by atoms with E-state index in [1.54, 1.807) is 21.1 Å². The third-order valence-electron chi connectivity index (χ3n) is 8.27. The number of Topliss-reactive ketones (excluding diaryl/α,β-unsaturated/α-hetero) is 1. The van der Waals surface area contributed by atoms with Gasteiger partial charge in [-0.15, -0.1) is 6.42 Å². The first-order valence-corrected chi connectivity index (χ1v) is 15.4. The molecule has 11 nitrogen and oxygen atoms in total. The summed E-state index contributed by atoms with van der Waals surface area (Å²) in [6.45, 7) is 1.54. The molecule has 1 aromatic heterocycles. The van der Waals surface area contributed by atoms with Crippen LogP contribution in [0.3, 0.4) is 0 Å². The summed E-state index contributed by atoms with van der Waals surface area (Å²) in [5.41, 5.74) is -0.385. The first-order chi connectivity index (χ1) is 23.2. The van der Waals surface area contributed by atoms with E-state index in [1.165, 1.54) is 6.20 Å². The molecule has 5 rings (SSSR count). The molecule has 1 saturated heterocycles. The molecule has 1 aliphatic heterocycles. The molecule has 4 aromatic rings. The highest BCUT2D eigenvalue weighted by molar-refractivity contribution is 5.95. The number of nitrogens with zero attached hydrogens (tertiary/aromatic N) is 1. The van der Waals surface area contributed by atoms with Crippen LogP contribution in [0.15, 0.2) is 94.6 Å². The minimum atomic E-state index is -1.21. The molecule has 0 radical (unpaired) electrons. The zero-order chi connectivity index (χ0) is 34.3. The predicted molar refractivity (Wildman–Crippen MR) is 176 cm³/mol. The van der Waals surface area contributed by atoms with Gasteiger partial charge in [-0.05, 0) is 41.0 Å². The van der Waals surface area contributed by atoms with Crippen molar-refractivity contribution in [3.8, 4) is 23.8 Å². The maximum absolute atomic E-state index is 12.8. The van der Waals surface area contributed by atoms with Crippen LogP contribution in [-0.4, -0.2) is 54.3 Å². The van der Waals surface area contributed by atoms with Gasteiger partial charge in [0.2, 0.25) is 0 Å². The third kappa shape index (κ3) is 7.10. The number of nitrogens with one attached hydrogen (secondary N) is 1. The average molecular weight is 653 g/mol. The van der Waals surface area contributed by atoms with Crippen LogP contribution >= 0.6 is 0 Å². The number of aromatic nitrogens is 2. The van der Waals surface area contributed by atoms with Gasteiger partial charge in [0.15, 0.2) is 0 Å². The summed E-state index contributed by atoms with van der Waals surface area (Å²) in [6, 6.07) is 24.6. The maximum Gasteiger partial charge on any atom is 0.330 e. The molecule has 48 heavy (non-hydrogen) atoms. The fraction of sp³-hybridized carbons (Fsp3) is 0.297. The van der Waals surface area contributed by atoms with Crippen molar-refractivity contribution in [2.45, 2.75) is 50.2 Å². The molecule has 3 atom stereocenters. The second kappa shape index (κ2) is 15.0. The van der Waals surface area contributed by atoms with Crippen molar-refractivity contribution in [1.29, 1.82) is 0 Å². The first-order valence-electron chi connectivity index (χ1n) is 15.4. The van der Waals surface area contributed by atoms with Crippen LogP contribution < -0.4 is 20.7 Å². The van der Waals surface area contributed by atoms with E-state index in [0.29, 0.717) is 11.5 Å². The van der Waals surface area contributed by atoms with Gasteiger partial charge in [-0.3, -0.25) is 23.9 Å². The number of hydrogen-bond acceptors (Lipinski definition) is 9. The highest BCUT2D eigenvalue weighted by Crippen LogP contribution is 2.43. The summed E-state index contributed by atoms with van der Waals surface area (Å²) in [7, 11) is 3.17. The Morgan fingerprint density at radius 2 is 1.52 bits per heavy atom. The molecule has 2 heterocycles. The lowest BCUT2D eigenvalue weighted by Crippen LogP contribution is -2.39. The summed E-state index contributed by atoms with van der Waals surface area (Å²) in [6.07, 6.45) is 3.73. The Kier molecular flexibility index (Phi) is 10.6. The van der Waals surface area contributed by atoms with E-state index in [0.717, 1.165) is 21.3 Å². The predicted octanol–water partition coefficient (Wildman–Crippen LogP) is 4.11. The molecule has 0 spiro atoms. The smallest absolute Gasteiger partial charge is 0.330 e. The van der Waals surface area contributed by atoms with Crippen LogP contribution in [0.2, 0.25) is 0 Å². The maximum atomic E-state index is 12.8. The van der Waals surface area contributed by atoms with Crippen LogP contribution in [-0.2, 0) is 29.4 Å². The van der Waals surface area contributed by atoms with Crippen LogP contribution in [0.25, 0.3) is 0 Å². The minimum absolute atomic E-state index is 0.0272. The van der Waals surface area contributed by atoms with E-state index in [9.17, 15) is 19.2 Å². The summed E-state index contributed by atoms with van der Waals surface area (Å²) in [5, 5.41) is 0. The monoisotopic (exact) mass is 652 g/mol. The summed E-state index contributed by atoms with van der Waals surface area (Å²) >= 11 is 0. The minimum Gasteiger partial charge on any atom is -0.497 e. The van der Waals surface area contributed by atoms with Gasteiger partial charge in [0, 0.05) is 19.0 Å². The van der Waals surface area contributed by atoms with Gasteiger partial charge in [-0.25, -0.2) is 4.79 Å². The zero-order valence-electron chi connectivity index (χ0n) is 26.8. The fourth-order valence-corrected chi connectivity index (χ4v) is 5.73. The topological polar surface area (TPSA) is 135 Å². The molecule has 11 heteroatoms. The second-order valence-electron chi connectivity index (χ2n) is 11.1. The molecule has 3 aromatic carbocycles. The number of H-pyrrole nitrogens is 1. The van der Waals surface area contributed by atoms with Crippen LogP contribution in [0.5, 0.6) is 11.5 Å². The second-order valence-corrected chi connectivity index (χ2v) is 11.1. The van der Waals surface area contributed by atoms with Crippen molar-refractivity contribution < 1.29 is 33.3 Å². The molecular weight excluding hydrogens is 616 g/mol. The Hall–Kier alpha value is -5.44. The van der Waals surface area contributed by atoms with Crippen molar-refractivity contribution in [3.63, 3.8) is 0 Å². The van der Waals surface area contributed by atoms with E-state index >= 15 is 0 Å². The first kappa shape index (κ1) is 33.9. The number of methoxy groups -OCH3 is 2. The van der Waals surface area contributed by atoms with Crippen molar-refractivity contribution in [2.24, 2.45) is 0 Å². The standard InChI is InChI=1S/C37H36N2O9/c1-5-24-22-39(36(43)38-35(24)42)33-21-31(48-34(41)20-28(40)6-2)32(47-33)23-46-37(25-10-8-7-9-11-25,26-12-16-29(44-3)17-13-26)27-14-18-30(45-4)19-15-27/h1,7-19,22,31-33H,6,20-21,23H2,2-4H3,(H,38,42,43)/t31-,32+,33+/m0/s1. The largest absolute Gasteiger partial charge is 0.497 e. The lowest BCUT2D eigenvalue weighted by Gasteiger charge is -2.37. The van der Waals surface area contributed by atoms with Gasteiger partial charge in [0.25, 0.3) is 5.56 Å². The summed E-state index contributed by atoms with van der Waals surface area (Å²) in [4.78, 5) is 52.1. The zero-order valence-corrected chi connectivity index (χ0v) is 26.8. The van der Waals surface area contributed by atoms with Gasteiger partial charge in [0.1, 0.15) is 53.3 Å². The molecule has 0 saturated carbocycles. The Balaban J connectivity index is 1.58. The van der Waals surface area contributed by atoms with Crippen molar-refractivity contribution >= 4 is 11.8 Å². The Bertz CT molecular complexity index is 1840. The number of esters is 1. The third-order valence-corrected chi connectivity index (χ3v) is 8.27. The number of hydrogen-bond donors (Lipinski definition) is 1. The Morgan fingerprint density at radius 3 is 2.06 bits per heavy atom. The molecule has 0 unspecified atom stereocenters. The normalized spacial score (nSPS) is 17.3. The fourth-order valence-electron chi connectivity index (χ4n) is 5.73. The Labute approximate surface area is 277 Å². The van der Waals surface area contributed by atoms with Crippen LogP contribution in [0, 0.1) is 12.3 Å². The van der Waals surface area contributed by atoms with E-state index < -0.39 is 47.7 Å². The number of carbonyl (C=O) groups excluding carboxylic acids is 2. The highest BCUT2D eigenvalue weighted by Gasteiger charge is 2.44. The molecular formula is C37H36N2O9. The van der Waals surface area contributed by atoms with Gasteiger partial charge in [-0.1, -0.05) is 67.4 Å². The van der Waals surface area contributed by atoms with Gasteiger partial charge >= 0.3 is 11.7 Å².